The van der Waals surface area contributed by atoms with Gasteiger partial charge in [-0.05, 0) is 36.6 Å². The molecule has 1 heterocycles. The van der Waals surface area contributed by atoms with Gasteiger partial charge in [-0.1, -0.05) is 29.5 Å². The van der Waals surface area contributed by atoms with Crippen molar-refractivity contribution < 1.29 is 13.2 Å². The quantitative estimate of drug-likeness (QED) is 0.640. The van der Waals surface area contributed by atoms with Crippen molar-refractivity contribution in [2.45, 2.75) is 9.79 Å². The Labute approximate surface area is 154 Å². The molecule has 3 rings (SSSR count). The first kappa shape index (κ1) is 17.9. The maximum absolute atomic E-state index is 12.3. The van der Waals surface area contributed by atoms with Crippen LogP contribution < -0.4 is 4.80 Å². The van der Waals surface area contributed by atoms with Gasteiger partial charge in [0.1, 0.15) is 5.75 Å². The van der Waals surface area contributed by atoms with Crippen LogP contribution in [0.15, 0.2) is 63.3 Å². The molecule has 0 saturated heterocycles. The number of hydrogen-bond acceptors (Lipinski definition) is 5. The highest BCUT2D eigenvalue weighted by atomic mass is 32.2. The van der Waals surface area contributed by atoms with Crippen LogP contribution in [-0.4, -0.2) is 30.9 Å². The molecule has 0 spiro atoms. The fraction of sp³-hybridized carbons (Fsp3) is 0.176. The summed E-state index contributed by atoms with van der Waals surface area (Å²) in [4.78, 5) is 18.0. The van der Waals surface area contributed by atoms with Crippen LogP contribution >= 0.6 is 23.1 Å². The van der Waals surface area contributed by atoms with Crippen LogP contribution in [0.2, 0.25) is 0 Å². The van der Waals surface area contributed by atoms with Gasteiger partial charge in [0.25, 0.3) is 5.91 Å². The van der Waals surface area contributed by atoms with E-state index < -0.39 is 21.5 Å². The highest BCUT2D eigenvalue weighted by Gasteiger charge is 2.19. The van der Waals surface area contributed by atoms with Crippen molar-refractivity contribution in [3.63, 3.8) is 0 Å². The van der Waals surface area contributed by atoms with Gasteiger partial charge >= 0.3 is 0 Å². The predicted molar refractivity (Wildman–Crippen MR) is 102 cm³/mol. The summed E-state index contributed by atoms with van der Waals surface area (Å²) in [7, 11) is -1.87. The van der Waals surface area contributed by atoms with E-state index in [0.29, 0.717) is 4.80 Å². The number of thioether (sulfide) groups is 1. The maximum Gasteiger partial charge on any atom is 0.263 e. The number of amides is 1. The summed E-state index contributed by atoms with van der Waals surface area (Å²) in [5, 5.41) is 0. The maximum atomic E-state index is 12.3. The number of carbonyl (C=O) groups is 1. The average molecular weight is 393 g/mol. The summed E-state index contributed by atoms with van der Waals surface area (Å²) in [6, 6.07) is 14.0. The van der Waals surface area contributed by atoms with Crippen LogP contribution in [-0.2, 0) is 21.7 Å². The van der Waals surface area contributed by atoms with Gasteiger partial charge in [0.15, 0.2) is 14.6 Å². The first-order valence-electron chi connectivity index (χ1n) is 7.39. The molecule has 0 aliphatic heterocycles. The van der Waals surface area contributed by atoms with Crippen molar-refractivity contribution in [3.8, 4) is 0 Å². The van der Waals surface area contributed by atoms with E-state index in [4.69, 9.17) is 0 Å². The molecule has 0 fully saturated rings. The Bertz CT molecular complexity index is 1100. The molecule has 0 radical (unpaired) electrons. The second kappa shape index (κ2) is 7.15. The zero-order valence-corrected chi connectivity index (χ0v) is 16.1. The van der Waals surface area contributed by atoms with Crippen LogP contribution in [0.25, 0.3) is 10.2 Å². The molecule has 0 aliphatic rings. The minimum absolute atomic E-state index is 0.129. The second-order valence-electron chi connectivity index (χ2n) is 5.35. The first-order chi connectivity index (χ1) is 11.9. The van der Waals surface area contributed by atoms with Crippen molar-refractivity contribution in [1.29, 1.82) is 0 Å². The van der Waals surface area contributed by atoms with Gasteiger partial charge in [-0.15, -0.1) is 11.8 Å². The summed E-state index contributed by atoms with van der Waals surface area (Å²) in [6.45, 7) is 0. The van der Waals surface area contributed by atoms with Crippen LogP contribution in [0.3, 0.4) is 0 Å². The van der Waals surface area contributed by atoms with E-state index in [1.807, 2.05) is 31.5 Å². The van der Waals surface area contributed by atoms with Gasteiger partial charge in [0.2, 0.25) is 0 Å². The van der Waals surface area contributed by atoms with E-state index in [0.717, 1.165) is 15.1 Å². The zero-order valence-electron chi connectivity index (χ0n) is 13.7. The van der Waals surface area contributed by atoms with Crippen LogP contribution in [0.4, 0.5) is 0 Å². The Hall–Kier alpha value is -1.90. The summed E-state index contributed by atoms with van der Waals surface area (Å²) < 4.78 is 27.4. The Kier molecular flexibility index (Phi) is 5.12. The molecule has 2 aromatic carbocycles. The number of aromatic nitrogens is 1. The van der Waals surface area contributed by atoms with Gasteiger partial charge in [-0.2, -0.15) is 4.99 Å². The van der Waals surface area contributed by atoms with Crippen molar-refractivity contribution >= 4 is 49.1 Å². The summed E-state index contributed by atoms with van der Waals surface area (Å²) in [5.74, 6) is -1.31. The summed E-state index contributed by atoms with van der Waals surface area (Å²) in [6.07, 6.45) is 2.00. The molecule has 0 N–H and O–H groups in total. The largest absolute Gasteiger partial charge is 0.319 e. The van der Waals surface area contributed by atoms with Crippen LogP contribution in [0.5, 0.6) is 0 Å². The molecule has 25 heavy (non-hydrogen) atoms. The number of thiazole rings is 1. The molecule has 0 aliphatic carbocycles. The van der Waals surface area contributed by atoms with Crippen molar-refractivity contribution in [2.24, 2.45) is 12.0 Å². The smallest absolute Gasteiger partial charge is 0.263 e. The fourth-order valence-electron chi connectivity index (χ4n) is 2.36. The number of carbonyl (C=O) groups excluding carboxylic acids is 1. The monoisotopic (exact) mass is 392 g/mol. The normalized spacial score (nSPS) is 12.6. The molecular weight excluding hydrogens is 376 g/mol. The topological polar surface area (TPSA) is 68.5 Å². The molecule has 1 aromatic heterocycles. The SMILES string of the molecule is CSc1ccc2c(c1)sc(=NC(=O)CS(=O)(=O)c1ccccc1)n2C. The van der Waals surface area contributed by atoms with Crippen molar-refractivity contribution in [3.05, 3.63) is 53.3 Å². The molecule has 0 unspecified atom stereocenters. The summed E-state index contributed by atoms with van der Waals surface area (Å²) in [5.41, 5.74) is 0.959. The Morgan fingerprint density at radius 1 is 1.20 bits per heavy atom. The van der Waals surface area contributed by atoms with E-state index in [2.05, 4.69) is 4.99 Å². The van der Waals surface area contributed by atoms with Crippen LogP contribution in [0.1, 0.15) is 0 Å². The molecule has 130 valence electrons. The molecular formula is C17H16N2O3S3. The number of aryl methyl sites for hydroxylation is 1. The first-order valence-corrected chi connectivity index (χ1v) is 11.1. The van der Waals surface area contributed by atoms with Gasteiger partial charge in [-0.25, -0.2) is 8.42 Å². The molecule has 0 atom stereocenters. The third-order valence-electron chi connectivity index (χ3n) is 3.65. The van der Waals surface area contributed by atoms with Gasteiger partial charge < -0.3 is 4.57 Å². The number of fused-ring (bicyclic) bond motifs is 1. The second-order valence-corrected chi connectivity index (χ2v) is 9.23. The number of hydrogen-bond donors (Lipinski definition) is 0. The minimum atomic E-state index is -3.68. The predicted octanol–water partition coefficient (Wildman–Crippen LogP) is 2.86. The Morgan fingerprint density at radius 2 is 1.92 bits per heavy atom. The third kappa shape index (κ3) is 3.86. The fourth-order valence-corrected chi connectivity index (χ4v) is 5.08. The van der Waals surface area contributed by atoms with E-state index in [-0.39, 0.29) is 4.90 Å². The molecule has 8 heteroatoms. The number of nitrogens with zero attached hydrogens (tertiary/aromatic N) is 2. The zero-order chi connectivity index (χ0) is 18.0. The molecule has 3 aromatic rings. The van der Waals surface area contributed by atoms with Crippen LogP contribution in [0, 0.1) is 0 Å². The molecule has 0 bridgehead atoms. The number of rotatable bonds is 4. The summed E-state index contributed by atoms with van der Waals surface area (Å²) >= 11 is 3.01. The van der Waals surface area contributed by atoms with E-state index >= 15 is 0 Å². The highest BCUT2D eigenvalue weighted by Crippen LogP contribution is 2.23. The molecule has 0 saturated carbocycles. The van der Waals surface area contributed by atoms with Crippen molar-refractivity contribution in [2.75, 3.05) is 12.0 Å². The lowest BCUT2D eigenvalue weighted by atomic mass is 10.3. The Balaban J connectivity index is 1.94. The van der Waals surface area contributed by atoms with Crippen molar-refractivity contribution in [1.82, 2.24) is 4.57 Å². The van der Waals surface area contributed by atoms with Gasteiger partial charge in [0, 0.05) is 11.9 Å². The lowest BCUT2D eigenvalue weighted by Gasteiger charge is -2.01. The molecule has 1 amide bonds. The molecule has 5 nitrogen and oxygen atoms in total. The number of benzene rings is 2. The lowest BCUT2D eigenvalue weighted by molar-refractivity contribution is -0.115. The number of sulfone groups is 1. The minimum Gasteiger partial charge on any atom is -0.319 e. The van der Waals surface area contributed by atoms with Gasteiger partial charge in [0.05, 0.1) is 15.1 Å². The standard InChI is InChI=1S/C17H16N2O3S3/c1-19-14-9-8-12(23-2)10-15(14)24-17(19)18-16(20)11-25(21,22)13-6-4-3-5-7-13/h3-10H,11H2,1-2H3. The van der Waals surface area contributed by atoms with E-state index in [1.54, 1.807) is 34.5 Å². The Morgan fingerprint density at radius 3 is 2.60 bits per heavy atom. The third-order valence-corrected chi connectivity index (χ3v) is 7.09. The highest BCUT2D eigenvalue weighted by molar-refractivity contribution is 7.98. The van der Waals surface area contributed by atoms with Gasteiger partial charge in [-0.3, -0.25) is 4.79 Å². The average Bonchev–Trinajstić information content (AvgIpc) is 2.90. The lowest BCUT2D eigenvalue weighted by Crippen LogP contribution is -2.19. The van der Waals surface area contributed by atoms with E-state index in [1.165, 1.54) is 23.5 Å². The van der Waals surface area contributed by atoms with E-state index in [9.17, 15) is 13.2 Å².